The maximum atomic E-state index is 12.7. The number of hydrogen-bond donors (Lipinski definition) is 0. The number of amides is 1. The second-order valence-corrected chi connectivity index (χ2v) is 7.32. The molecule has 1 amide bonds. The van der Waals surface area contributed by atoms with Gasteiger partial charge in [0.15, 0.2) is 28.8 Å². The molecule has 174 valence electrons. The van der Waals surface area contributed by atoms with Gasteiger partial charge in [0.2, 0.25) is 11.7 Å². The van der Waals surface area contributed by atoms with Crippen LogP contribution in [-0.4, -0.2) is 58.1 Å². The Bertz CT molecular complexity index is 1140. The monoisotopic (exact) mass is 455 g/mol. The van der Waals surface area contributed by atoms with E-state index in [2.05, 4.69) is 10.1 Å². The van der Waals surface area contributed by atoms with Gasteiger partial charge in [-0.15, -0.1) is 0 Å². The quantitative estimate of drug-likeness (QED) is 0.506. The molecule has 33 heavy (non-hydrogen) atoms. The molecule has 1 saturated heterocycles. The Morgan fingerprint density at radius 1 is 0.879 bits per heavy atom. The summed E-state index contributed by atoms with van der Waals surface area (Å²) in [6, 6.07) is 8.82. The molecule has 0 aliphatic carbocycles. The lowest BCUT2D eigenvalue weighted by molar-refractivity contribution is -0.117. The highest BCUT2D eigenvalue weighted by Gasteiger charge is 2.35. The van der Waals surface area contributed by atoms with E-state index in [0.717, 1.165) is 0 Å². The Balaban J connectivity index is 1.58. The molecule has 0 unspecified atom stereocenters. The van der Waals surface area contributed by atoms with Gasteiger partial charge < -0.3 is 33.1 Å². The molecule has 10 heteroatoms. The van der Waals surface area contributed by atoms with E-state index in [1.165, 1.54) is 21.3 Å². The first-order chi connectivity index (χ1) is 16.0. The van der Waals surface area contributed by atoms with E-state index in [-0.39, 0.29) is 18.2 Å². The number of nitrogens with zero attached hydrogens (tertiary/aromatic N) is 3. The number of anilines is 1. The van der Waals surface area contributed by atoms with Gasteiger partial charge >= 0.3 is 0 Å². The van der Waals surface area contributed by atoms with Crippen molar-refractivity contribution in [2.24, 2.45) is 0 Å². The highest BCUT2D eigenvalue weighted by atomic mass is 16.5. The first-order valence-corrected chi connectivity index (χ1v) is 10.2. The number of rotatable bonds is 8. The average Bonchev–Trinajstić information content (AvgIpc) is 3.49. The topological polar surface area (TPSA) is 105 Å². The number of carbonyl (C=O) groups is 1. The van der Waals surface area contributed by atoms with Crippen LogP contribution in [-0.2, 0) is 4.79 Å². The van der Waals surface area contributed by atoms with Crippen LogP contribution >= 0.6 is 0 Å². The summed E-state index contributed by atoms with van der Waals surface area (Å²) in [6.45, 7) is 0.419. The third kappa shape index (κ3) is 4.11. The summed E-state index contributed by atoms with van der Waals surface area (Å²) in [6.07, 6.45) is 0.266. The highest BCUT2D eigenvalue weighted by molar-refractivity contribution is 5.96. The predicted octanol–water partition coefficient (Wildman–Crippen LogP) is 3.30. The molecule has 0 N–H and O–H groups in total. The Morgan fingerprint density at radius 3 is 2.15 bits per heavy atom. The van der Waals surface area contributed by atoms with Crippen LogP contribution in [0.4, 0.5) is 5.69 Å². The van der Waals surface area contributed by atoms with E-state index in [0.29, 0.717) is 58.3 Å². The van der Waals surface area contributed by atoms with E-state index in [4.69, 9.17) is 28.2 Å². The second kappa shape index (κ2) is 9.27. The summed E-state index contributed by atoms with van der Waals surface area (Å²) in [7, 11) is 7.73. The Morgan fingerprint density at radius 2 is 1.55 bits per heavy atom. The van der Waals surface area contributed by atoms with Crippen LogP contribution < -0.4 is 28.6 Å². The molecule has 2 heterocycles. The number of benzene rings is 2. The molecular formula is C23H25N3O7. The van der Waals surface area contributed by atoms with Crippen molar-refractivity contribution in [3.63, 3.8) is 0 Å². The molecule has 0 saturated carbocycles. The summed E-state index contributed by atoms with van der Waals surface area (Å²) < 4.78 is 32.3. The molecule has 1 aliphatic rings. The first kappa shape index (κ1) is 22.3. The summed E-state index contributed by atoms with van der Waals surface area (Å²) >= 11 is 0. The Labute approximate surface area is 190 Å². The van der Waals surface area contributed by atoms with Gasteiger partial charge in [0.25, 0.3) is 5.89 Å². The maximum absolute atomic E-state index is 12.7. The minimum atomic E-state index is -0.217. The van der Waals surface area contributed by atoms with Crippen LogP contribution in [0.1, 0.15) is 18.2 Å². The fourth-order valence-electron chi connectivity index (χ4n) is 3.85. The van der Waals surface area contributed by atoms with Crippen LogP contribution in [0.25, 0.3) is 11.5 Å². The molecule has 4 rings (SSSR count). The van der Waals surface area contributed by atoms with Crippen molar-refractivity contribution in [1.29, 1.82) is 0 Å². The van der Waals surface area contributed by atoms with E-state index >= 15 is 0 Å². The van der Waals surface area contributed by atoms with Crippen molar-refractivity contribution in [2.75, 3.05) is 47.0 Å². The van der Waals surface area contributed by atoms with Crippen molar-refractivity contribution < 1.29 is 33.0 Å². The average molecular weight is 455 g/mol. The third-order valence-electron chi connectivity index (χ3n) is 5.52. The largest absolute Gasteiger partial charge is 0.493 e. The standard InChI is InChI=1S/C23H25N3O7/c1-28-16-7-6-15(11-17(16)29-2)26-12-14(10-20(26)27)22-24-23(33-25-22)13-8-18(30-3)21(32-5)19(9-13)31-4/h6-9,11,14H,10,12H2,1-5H3/t14-/m1/s1. The Hall–Kier alpha value is -3.95. The molecule has 1 aromatic heterocycles. The molecule has 0 radical (unpaired) electrons. The van der Waals surface area contributed by atoms with E-state index < -0.39 is 0 Å². The highest BCUT2D eigenvalue weighted by Crippen LogP contribution is 2.41. The van der Waals surface area contributed by atoms with Gasteiger partial charge in [-0.05, 0) is 24.3 Å². The minimum Gasteiger partial charge on any atom is -0.493 e. The molecule has 2 aromatic carbocycles. The van der Waals surface area contributed by atoms with Gasteiger partial charge in [-0.2, -0.15) is 4.98 Å². The smallest absolute Gasteiger partial charge is 0.258 e. The molecule has 0 bridgehead atoms. The fourth-order valence-corrected chi connectivity index (χ4v) is 3.85. The van der Waals surface area contributed by atoms with Gasteiger partial charge in [0.1, 0.15) is 0 Å². The Kier molecular flexibility index (Phi) is 6.25. The number of aromatic nitrogens is 2. The normalized spacial score (nSPS) is 15.5. The van der Waals surface area contributed by atoms with Crippen LogP contribution in [0.5, 0.6) is 28.7 Å². The zero-order valence-electron chi connectivity index (χ0n) is 19.1. The zero-order chi connectivity index (χ0) is 23.5. The molecular weight excluding hydrogens is 430 g/mol. The van der Waals surface area contributed by atoms with Crippen molar-refractivity contribution in [2.45, 2.75) is 12.3 Å². The van der Waals surface area contributed by atoms with Crippen molar-refractivity contribution in [3.05, 3.63) is 36.2 Å². The van der Waals surface area contributed by atoms with Crippen molar-refractivity contribution in [3.8, 4) is 40.2 Å². The fraction of sp³-hybridized carbons (Fsp3) is 0.348. The summed E-state index contributed by atoms with van der Waals surface area (Å²) in [5, 5.41) is 4.13. The lowest BCUT2D eigenvalue weighted by Crippen LogP contribution is -2.24. The van der Waals surface area contributed by atoms with Crippen molar-refractivity contribution >= 4 is 11.6 Å². The number of hydrogen-bond acceptors (Lipinski definition) is 9. The lowest BCUT2D eigenvalue weighted by atomic mass is 10.1. The van der Waals surface area contributed by atoms with Gasteiger partial charge in [-0.25, -0.2) is 0 Å². The molecule has 3 aromatic rings. The van der Waals surface area contributed by atoms with Crippen LogP contribution in [0.15, 0.2) is 34.9 Å². The number of carbonyl (C=O) groups excluding carboxylic acids is 1. The molecule has 1 aliphatic heterocycles. The third-order valence-corrected chi connectivity index (χ3v) is 5.52. The van der Waals surface area contributed by atoms with Crippen LogP contribution in [0, 0.1) is 0 Å². The first-order valence-electron chi connectivity index (χ1n) is 10.2. The summed E-state index contributed by atoms with van der Waals surface area (Å²) in [4.78, 5) is 19.0. The lowest BCUT2D eigenvalue weighted by Gasteiger charge is -2.18. The van der Waals surface area contributed by atoms with Crippen LogP contribution in [0.3, 0.4) is 0 Å². The molecule has 1 fully saturated rings. The zero-order valence-corrected chi connectivity index (χ0v) is 19.1. The molecule has 10 nitrogen and oxygen atoms in total. The van der Waals surface area contributed by atoms with Gasteiger partial charge in [-0.3, -0.25) is 4.79 Å². The van der Waals surface area contributed by atoms with E-state index in [9.17, 15) is 4.79 Å². The second-order valence-electron chi connectivity index (χ2n) is 7.32. The van der Waals surface area contributed by atoms with Crippen molar-refractivity contribution in [1.82, 2.24) is 10.1 Å². The number of methoxy groups -OCH3 is 5. The van der Waals surface area contributed by atoms with Gasteiger partial charge in [0, 0.05) is 36.2 Å². The summed E-state index contributed by atoms with van der Waals surface area (Å²) in [5.74, 6) is 3.06. The van der Waals surface area contributed by atoms with E-state index in [1.54, 1.807) is 43.4 Å². The van der Waals surface area contributed by atoms with E-state index in [1.807, 2.05) is 6.07 Å². The SMILES string of the molecule is COc1ccc(N2C[C@H](c3noc(-c4cc(OC)c(OC)c(OC)c4)n3)CC2=O)cc1OC. The van der Waals surface area contributed by atoms with Crippen LogP contribution in [0.2, 0.25) is 0 Å². The molecule has 0 spiro atoms. The summed E-state index contributed by atoms with van der Waals surface area (Å²) in [5.41, 5.74) is 1.33. The van der Waals surface area contributed by atoms with Gasteiger partial charge in [-0.1, -0.05) is 5.16 Å². The molecule has 1 atom stereocenters. The number of ether oxygens (including phenoxy) is 5. The predicted molar refractivity (Wildman–Crippen MR) is 119 cm³/mol. The maximum Gasteiger partial charge on any atom is 0.258 e. The minimum absolute atomic E-state index is 0.0358. The van der Waals surface area contributed by atoms with Gasteiger partial charge in [0.05, 0.1) is 35.5 Å².